The molecule has 0 atom stereocenters. The van der Waals surface area contributed by atoms with Gasteiger partial charge in [0.25, 0.3) is 5.69 Å². The molecule has 0 unspecified atom stereocenters. The van der Waals surface area contributed by atoms with Crippen LogP contribution >= 0.6 is 0 Å². The first-order valence-electron chi connectivity index (χ1n) is 6.05. The maximum absolute atomic E-state index is 10.9. The molecular weight excluding hydrogens is 264 g/mol. The van der Waals surface area contributed by atoms with Crippen LogP contribution in [0.2, 0.25) is 0 Å². The highest BCUT2D eigenvalue weighted by Crippen LogP contribution is 2.26. The van der Waals surface area contributed by atoms with Crippen LogP contribution in [0, 0.1) is 27.4 Å². The van der Waals surface area contributed by atoms with Crippen molar-refractivity contribution in [3.05, 3.63) is 27.9 Å². The van der Waals surface area contributed by atoms with Gasteiger partial charge in [-0.1, -0.05) is 0 Å². The number of aliphatic carboxylic acids is 1. The molecule has 1 aromatic rings. The zero-order valence-corrected chi connectivity index (χ0v) is 10.5. The van der Waals surface area contributed by atoms with Gasteiger partial charge in [-0.25, -0.2) is 4.98 Å². The third-order valence-electron chi connectivity index (χ3n) is 3.33. The van der Waals surface area contributed by atoms with E-state index in [0.29, 0.717) is 31.7 Å². The van der Waals surface area contributed by atoms with E-state index in [4.69, 9.17) is 10.4 Å². The van der Waals surface area contributed by atoms with Crippen LogP contribution in [0.4, 0.5) is 11.5 Å². The Labute approximate surface area is 114 Å². The standard InChI is InChI=1S/C12H12N4O4/c13-6-9-5-10(16(19)20)7-14-11(9)15-3-1-8(2-4-15)12(17)18/h5,7-8H,1-4H2,(H,17,18). The first kappa shape index (κ1) is 13.7. The Kier molecular flexibility index (Phi) is 3.79. The van der Waals surface area contributed by atoms with Gasteiger partial charge >= 0.3 is 5.97 Å². The van der Waals surface area contributed by atoms with Gasteiger partial charge < -0.3 is 10.0 Å². The smallest absolute Gasteiger partial charge is 0.306 e. The van der Waals surface area contributed by atoms with E-state index >= 15 is 0 Å². The second-order valence-electron chi connectivity index (χ2n) is 4.53. The van der Waals surface area contributed by atoms with Crippen LogP contribution in [0.1, 0.15) is 18.4 Å². The van der Waals surface area contributed by atoms with Crippen LogP contribution in [0.3, 0.4) is 0 Å². The maximum Gasteiger partial charge on any atom is 0.306 e. The van der Waals surface area contributed by atoms with Crippen LogP contribution in [0.15, 0.2) is 12.3 Å². The minimum Gasteiger partial charge on any atom is -0.481 e. The first-order valence-corrected chi connectivity index (χ1v) is 6.05. The predicted octanol–water partition coefficient (Wildman–Crippen LogP) is 1.16. The highest BCUT2D eigenvalue weighted by Gasteiger charge is 2.27. The number of carboxylic acids is 1. The van der Waals surface area contributed by atoms with Crippen molar-refractivity contribution in [2.24, 2.45) is 5.92 Å². The van der Waals surface area contributed by atoms with E-state index in [-0.39, 0.29) is 17.2 Å². The summed E-state index contributed by atoms with van der Waals surface area (Å²) < 4.78 is 0. The summed E-state index contributed by atoms with van der Waals surface area (Å²) in [6.45, 7) is 0.937. The number of anilines is 1. The molecule has 2 heterocycles. The highest BCUT2D eigenvalue weighted by molar-refractivity contribution is 5.70. The lowest BCUT2D eigenvalue weighted by Crippen LogP contribution is -2.37. The van der Waals surface area contributed by atoms with Crippen LogP contribution in [-0.4, -0.2) is 34.1 Å². The topological polar surface area (TPSA) is 120 Å². The highest BCUT2D eigenvalue weighted by atomic mass is 16.6. The van der Waals surface area contributed by atoms with E-state index in [0.717, 1.165) is 6.20 Å². The summed E-state index contributed by atoms with van der Waals surface area (Å²) in [5.41, 5.74) is -0.0984. The summed E-state index contributed by atoms with van der Waals surface area (Å²) in [4.78, 5) is 26.7. The molecule has 8 nitrogen and oxygen atoms in total. The molecule has 0 radical (unpaired) electrons. The van der Waals surface area contributed by atoms with Crippen molar-refractivity contribution in [1.29, 1.82) is 5.26 Å². The van der Waals surface area contributed by atoms with Gasteiger partial charge in [-0.2, -0.15) is 5.26 Å². The van der Waals surface area contributed by atoms with E-state index in [1.807, 2.05) is 6.07 Å². The fraction of sp³-hybridized carbons (Fsp3) is 0.417. The number of nitro groups is 1. The SMILES string of the molecule is N#Cc1cc([N+](=O)[O-])cnc1N1CCC(C(=O)O)CC1. The van der Waals surface area contributed by atoms with Crippen molar-refractivity contribution in [1.82, 2.24) is 4.98 Å². The van der Waals surface area contributed by atoms with Gasteiger partial charge in [0.1, 0.15) is 23.6 Å². The Balaban J connectivity index is 2.20. The van der Waals surface area contributed by atoms with Crippen LogP contribution in [0.25, 0.3) is 0 Å². The number of aromatic nitrogens is 1. The van der Waals surface area contributed by atoms with Crippen molar-refractivity contribution in [2.75, 3.05) is 18.0 Å². The zero-order valence-electron chi connectivity index (χ0n) is 10.5. The van der Waals surface area contributed by atoms with Gasteiger partial charge in [0, 0.05) is 19.2 Å². The molecule has 2 rings (SSSR count). The number of hydrogen-bond acceptors (Lipinski definition) is 6. The summed E-state index contributed by atoms with van der Waals surface area (Å²) >= 11 is 0. The van der Waals surface area contributed by atoms with Crippen molar-refractivity contribution in [3.8, 4) is 6.07 Å². The Bertz CT molecular complexity index is 588. The molecule has 0 aromatic carbocycles. The molecule has 1 N–H and O–H groups in total. The maximum atomic E-state index is 10.9. The summed E-state index contributed by atoms with van der Waals surface area (Å²) in [6.07, 6.45) is 2.05. The van der Waals surface area contributed by atoms with E-state index in [2.05, 4.69) is 4.98 Å². The molecule has 1 fully saturated rings. The van der Waals surface area contributed by atoms with Gasteiger partial charge in [0.2, 0.25) is 0 Å². The second-order valence-corrected chi connectivity index (χ2v) is 4.53. The van der Waals surface area contributed by atoms with Crippen molar-refractivity contribution >= 4 is 17.5 Å². The quantitative estimate of drug-likeness (QED) is 0.649. The molecule has 104 valence electrons. The summed E-state index contributed by atoms with van der Waals surface area (Å²) in [5, 5.41) is 28.6. The fourth-order valence-corrected chi connectivity index (χ4v) is 2.22. The minimum atomic E-state index is -0.818. The Morgan fingerprint density at radius 1 is 1.55 bits per heavy atom. The molecule has 1 aliphatic heterocycles. The number of carboxylic acid groups (broad SMARTS) is 1. The van der Waals surface area contributed by atoms with Gasteiger partial charge in [0.15, 0.2) is 0 Å². The minimum absolute atomic E-state index is 0.132. The van der Waals surface area contributed by atoms with E-state index in [1.165, 1.54) is 6.07 Å². The van der Waals surface area contributed by atoms with Gasteiger partial charge in [0.05, 0.1) is 10.8 Å². The largest absolute Gasteiger partial charge is 0.481 e. The Morgan fingerprint density at radius 2 is 2.20 bits per heavy atom. The molecule has 1 aromatic heterocycles. The molecule has 0 aliphatic carbocycles. The lowest BCUT2D eigenvalue weighted by atomic mass is 9.97. The van der Waals surface area contributed by atoms with E-state index < -0.39 is 10.9 Å². The zero-order chi connectivity index (χ0) is 14.7. The molecule has 1 saturated heterocycles. The fourth-order valence-electron chi connectivity index (χ4n) is 2.22. The number of rotatable bonds is 3. The third kappa shape index (κ3) is 2.66. The molecule has 8 heteroatoms. The van der Waals surface area contributed by atoms with Gasteiger partial charge in [-0.05, 0) is 12.8 Å². The number of nitriles is 1. The molecule has 1 aliphatic rings. The third-order valence-corrected chi connectivity index (χ3v) is 3.33. The van der Waals surface area contributed by atoms with Crippen molar-refractivity contribution in [2.45, 2.75) is 12.8 Å². The second kappa shape index (κ2) is 5.52. The van der Waals surface area contributed by atoms with Crippen molar-refractivity contribution in [3.63, 3.8) is 0 Å². The molecular formula is C12H12N4O4. The molecule has 0 saturated carbocycles. The van der Waals surface area contributed by atoms with Gasteiger partial charge in [-0.15, -0.1) is 0 Å². The van der Waals surface area contributed by atoms with E-state index in [1.54, 1.807) is 4.90 Å². The van der Waals surface area contributed by atoms with Crippen LogP contribution in [0.5, 0.6) is 0 Å². The van der Waals surface area contributed by atoms with Gasteiger partial charge in [-0.3, -0.25) is 14.9 Å². The molecule has 20 heavy (non-hydrogen) atoms. The van der Waals surface area contributed by atoms with E-state index in [9.17, 15) is 14.9 Å². The summed E-state index contributed by atoms with van der Waals surface area (Å²) in [7, 11) is 0. The monoisotopic (exact) mass is 276 g/mol. The first-order chi connectivity index (χ1) is 9.52. The average molecular weight is 276 g/mol. The van der Waals surface area contributed by atoms with Crippen LogP contribution in [-0.2, 0) is 4.79 Å². The average Bonchev–Trinajstić information content (AvgIpc) is 2.46. The van der Waals surface area contributed by atoms with Crippen LogP contribution < -0.4 is 4.90 Å². The number of carbonyl (C=O) groups is 1. The Hall–Kier alpha value is -2.69. The number of pyridine rings is 1. The molecule has 0 spiro atoms. The normalized spacial score (nSPS) is 15.7. The number of nitrogens with zero attached hydrogens (tertiary/aromatic N) is 4. The number of hydrogen-bond donors (Lipinski definition) is 1. The van der Waals surface area contributed by atoms with Crippen molar-refractivity contribution < 1.29 is 14.8 Å². The molecule has 0 bridgehead atoms. The summed E-state index contributed by atoms with van der Waals surface area (Å²) in [5.74, 6) is -0.821. The lowest BCUT2D eigenvalue weighted by molar-refractivity contribution is -0.385. The predicted molar refractivity (Wildman–Crippen MR) is 68.2 cm³/mol. The summed E-state index contributed by atoms with van der Waals surface area (Å²) in [6, 6.07) is 3.08. The Morgan fingerprint density at radius 3 is 2.70 bits per heavy atom. The molecule has 0 amide bonds. The number of piperidine rings is 1. The lowest BCUT2D eigenvalue weighted by Gasteiger charge is -2.31.